The standard InChI is InChI=1S/C22H23NO3/c1-23-14-18(12-16-4-8-20(25-2)9-5-16)22(24)19(15-23)13-17-6-10-21(26-3)11-7-17/h4-13H,14-15H2,1-3H3/p+1/b18-12-,19-13-. The number of quaternary nitrogens is 1. The predicted molar refractivity (Wildman–Crippen MR) is 104 cm³/mol. The van der Waals surface area contributed by atoms with Crippen molar-refractivity contribution in [3.8, 4) is 11.5 Å². The van der Waals surface area contributed by atoms with E-state index in [9.17, 15) is 4.79 Å². The van der Waals surface area contributed by atoms with Crippen LogP contribution in [0.15, 0.2) is 59.7 Å². The lowest BCUT2D eigenvalue weighted by atomic mass is 9.94. The Hall–Kier alpha value is -2.85. The van der Waals surface area contributed by atoms with E-state index in [0.717, 1.165) is 46.9 Å². The van der Waals surface area contributed by atoms with Gasteiger partial charge in [-0.15, -0.1) is 0 Å². The van der Waals surface area contributed by atoms with Crippen LogP contribution in [0.4, 0.5) is 0 Å². The van der Waals surface area contributed by atoms with E-state index < -0.39 is 0 Å². The van der Waals surface area contributed by atoms with Gasteiger partial charge in [0.25, 0.3) is 0 Å². The smallest absolute Gasteiger partial charge is 0.196 e. The lowest BCUT2D eigenvalue weighted by Gasteiger charge is -2.23. The van der Waals surface area contributed by atoms with Crippen LogP contribution < -0.4 is 14.4 Å². The Bertz CT molecular complexity index is 763. The Balaban J connectivity index is 1.86. The molecule has 0 radical (unpaired) electrons. The SMILES string of the molecule is COc1ccc(/C=C2/C[NH+](C)C/C(=C/c3ccc(OC)cc3)C2=O)cc1. The van der Waals surface area contributed by atoms with E-state index >= 15 is 0 Å². The monoisotopic (exact) mass is 350 g/mol. The molecule has 0 aromatic heterocycles. The van der Waals surface area contributed by atoms with Gasteiger partial charge in [0.2, 0.25) is 0 Å². The molecule has 134 valence electrons. The molecule has 1 aliphatic rings. The van der Waals surface area contributed by atoms with Crippen LogP contribution in [0.3, 0.4) is 0 Å². The molecular weight excluding hydrogens is 326 g/mol. The second-order valence-corrected chi connectivity index (χ2v) is 6.53. The molecule has 3 rings (SSSR count). The van der Waals surface area contributed by atoms with E-state index in [1.165, 1.54) is 4.90 Å². The van der Waals surface area contributed by atoms with Crippen molar-refractivity contribution < 1.29 is 19.2 Å². The van der Waals surface area contributed by atoms with Gasteiger partial charge in [-0.3, -0.25) is 4.79 Å². The first-order valence-corrected chi connectivity index (χ1v) is 8.64. The van der Waals surface area contributed by atoms with Crippen molar-refractivity contribution in [2.75, 3.05) is 34.4 Å². The van der Waals surface area contributed by atoms with Gasteiger partial charge in [-0.25, -0.2) is 0 Å². The molecule has 4 nitrogen and oxygen atoms in total. The van der Waals surface area contributed by atoms with Gasteiger partial charge in [0, 0.05) is 0 Å². The first kappa shape index (κ1) is 18.0. The number of likely N-dealkylation sites (tertiary alicyclic amines) is 1. The normalized spacial score (nSPS) is 20.4. The molecule has 0 aliphatic carbocycles. The van der Waals surface area contributed by atoms with Crippen LogP contribution in [0.2, 0.25) is 0 Å². The molecule has 0 bridgehead atoms. The van der Waals surface area contributed by atoms with Crippen molar-refractivity contribution in [3.05, 3.63) is 70.8 Å². The molecule has 2 aromatic carbocycles. The van der Waals surface area contributed by atoms with E-state index in [2.05, 4.69) is 7.05 Å². The van der Waals surface area contributed by atoms with Gasteiger partial charge in [-0.2, -0.15) is 0 Å². The van der Waals surface area contributed by atoms with Gasteiger partial charge < -0.3 is 14.4 Å². The Labute approximate surface area is 154 Å². The zero-order valence-electron chi connectivity index (χ0n) is 15.4. The zero-order chi connectivity index (χ0) is 18.5. The Morgan fingerprint density at radius 1 is 0.769 bits per heavy atom. The zero-order valence-corrected chi connectivity index (χ0v) is 15.4. The first-order chi connectivity index (χ1) is 12.6. The van der Waals surface area contributed by atoms with Gasteiger partial charge in [-0.1, -0.05) is 24.3 Å². The molecule has 1 fully saturated rings. The number of carbonyl (C=O) groups excluding carboxylic acids is 1. The van der Waals surface area contributed by atoms with E-state index in [4.69, 9.17) is 9.47 Å². The number of hydrogen-bond donors (Lipinski definition) is 1. The maximum absolute atomic E-state index is 12.9. The molecule has 0 spiro atoms. The van der Waals surface area contributed by atoms with Gasteiger partial charge in [0.15, 0.2) is 5.78 Å². The molecule has 0 unspecified atom stereocenters. The maximum Gasteiger partial charge on any atom is 0.196 e. The van der Waals surface area contributed by atoms with Crippen molar-refractivity contribution in [2.24, 2.45) is 0 Å². The summed E-state index contributed by atoms with van der Waals surface area (Å²) in [5.74, 6) is 1.75. The summed E-state index contributed by atoms with van der Waals surface area (Å²) in [6.45, 7) is 1.45. The minimum Gasteiger partial charge on any atom is -0.497 e. The molecule has 0 saturated carbocycles. The fourth-order valence-electron chi connectivity index (χ4n) is 3.12. The Morgan fingerprint density at radius 2 is 1.15 bits per heavy atom. The Morgan fingerprint density at radius 3 is 1.50 bits per heavy atom. The summed E-state index contributed by atoms with van der Waals surface area (Å²) in [4.78, 5) is 14.2. The summed E-state index contributed by atoms with van der Waals surface area (Å²) in [7, 11) is 5.40. The van der Waals surface area contributed by atoms with E-state index in [1.807, 2.05) is 60.7 Å². The molecule has 4 heteroatoms. The first-order valence-electron chi connectivity index (χ1n) is 8.64. The molecule has 1 aliphatic heterocycles. The fourth-order valence-corrected chi connectivity index (χ4v) is 3.12. The third kappa shape index (κ3) is 4.21. The van der Waals surface area contributed by atoms with Crippen LogP contribution in [-0.2, 0) is 4.79 Å². The number of ether oxygens (including phenoxy) is 2. The van der Waals surface area contributed by atoms with Gasteiger partial charge in [-0.05, 0) is 47.5 Å². The highest BCUT2D eigenvalue weighted by Gasteiger charge is 2.27. The van der Waals surface area contributed by atoms with Crippen LogP contribution in [0.25, 0.3) is 12.2 Å². The highest BCUT2D eigenvalue weighted by molar-refractivity contribution is 6.14. The molecule has 0 atom stereocenters. The summed E-state index contributed by atoms with van der Waals surface area (Å²) in [5, 5.41) is 0. The molecule has 1 saturated heterocycles. The lowest BCUT2D eigenvalue weighted by Crippen LogP contribution is -3.10. The largest absolute Gasteiger partial charge is 0.497 e. The molecule has 26 heavy (non-hydrogen) atoms. The molecular formula is C22H24NO3+. The van der Waals surface area contributed by atoms with Gasteiger partial charge >= 0.3 is 0 Å². The van der Waals surface area contributed by atoms with Crippen molar-refractivity contribution in [1.29, 1.82) is 0 Å². The van der Waals surface area contributed by atoms with Gasteiger partial charge in [0.05, 0.1) is 32.4 Å². The summed E-state index contributed by atoms with van der Waals surface area (Å²) in [6, 6.07) is 15.5. The number of ketones is 1. The number of carbonyl (C=O) groups is 1. The van der Waals surface area contributed by atoms with Gasteiger partial charge in [0.1, 0.15) is 24.6 Å². The van der Waals surface area contributed by atoms with Crippen molar-refractivity contribution in [3.63, 3.8) is 0 Å². The second kappa shape index (κ2) is 8.02. The summed E-state index contributed by atoms with van der Waals surface area (Å²) >= 11 is 0. The maximum atomic E-state index is 12.9. The quantitative estimate of drug-likeness (QED) is 0.860. The molecule has 1 heterocycles. The average molecular weight is 350 g/mol. The lowest BCUT2D eigenvalue weighted by molar-refractivity contribution is -0.870. The number of likely N-dealkylation sites (N-methyl/N-ethyl adjacent to an activating group) is 1. The number of nitrogens with one attached hydrogen (secondary N) is 1. The third-order valence-corrected chi connectivity index (χ3v) is 4.48. The van der Waals surface area contributed by atoms with Crippen molar-refractivity contribution in [2.45, 2.75) is 0 Å². The number of Topliss-reactive ketones (excluding diaryl/α,β-unsaturated/α-hetero) is 1. The number of methoxy groups -OCH3 is 2. The molecule has 2 aromatic rings. The second-order valence-electron chi connectivity index (χ2n) is 6.53. The number of hydrogen-bond acceptors (Lipinski definition) is 3. The Kier molecular flexibility index (Phi) is 5.54. The van der Waals surface area contributed by atoms with Crippen molar-refractivity contribution >= 4 is 17.9 Å². The van der Waals surface area contributed by atoms with E-state index in [0.29, 0.717) is 0 Å². The van der Waals surface area contributed by atoms with Crippen LogP contribution in [0.1, 0.15) is 11.1 Å². The van der Waals surface area contributed by atoms with E-state index in [-0.39, 0.29) is 5.78 Å². The molecule has 1 N–H and O–H groups in total. The summed E-state index contributed by atoms with van der Waals surface area (Å²) in [6.07, 6.45) is 3.96. The highest BCUT2D eigenvalue weighted by Crippen LogP contribution is 2.19. The number of benzene rings is 2. The minimum atomic E-state index is 0.127. The van der Waals surface area contributed by atoms with E-state index in [1.54, 1.807) is 14.2 Å². The molecule has 0 amide bonds. The third-order valence-electron chi connectivity index (χ3n) is 4.48. The van der Waals surface area contributed by atoms with Crippen LogP contribution in [0, 0.1) is 0 Å². The van der Waals surface area contributed by atoms with Crippen LogP contribution in [0.5, 0.6) is 11.5 Å². The van der Waals surface area contributed by atoms with Crippen LogP contribution in [-0.4, -0.2) is 40.1 Å². The average Bonchev–Trinajstić information content (AvgIpc) is 2.66. The summed E-state index contributed by atoms with van der Waals surface area (Å²) in [5.41, 5.74) is 3.68. The van der Waals surface area contributed by atoms with Crippen molar-refractivity contribution in [1.82, 2.24) is 0 Å². The predicted octanol–water partition coefficient (Wildman–Crippen LogP) is 2.27. The number of piperidine rings is 1. The topological polar surface area (TPSA) is 40.0 Å². The number of rotatable bonds is 4. The van der Waals surface area contributed by atoms with Crippen LogP contribution >= 0.6 is 0 Å². The summed E-state index contributed by atoms with van der Waals surface area (Å²) < 4.78 is 10.4. The minimum absolute atomic E-state index is 0.127. The highest BCUT2D eigenvalue weighted by atomic mass is 16.5. The fraction of sp³-hybridized carbons (Fsp3) is 0.227.